The van der Waals surface area contributed by atoms with E-state index in [9.17, 15) is 8.42 Å². The Kier molecular flexibility index (Phi) is 4.23. The molecule has 5 heteroatoms. The average molecular weight is 296 g/mol. The van der Waals surface area contributed by atoms with E-state index in [1.54, 1.807) is 12.1 Å². The van der Waals surface area contributed by atoms with E-state index >= 15 is 0 Å². The molecule has 1 aromatic rings. The first-order valence-electron chi connectivity index (χ1n) is 7.05. The maximum atomic E-state index is 12.6. The van der Waals surface area contributed by atoms with E-state index in [4.69, 9.17) is 0 Å². The van der Waals surface area contributed by atoms with E-state index in [-0.39, 0.29) is 5.54 Å². The molecule has 112 valence electrons. The quantitative estimate of drug-likeness (QED) is 0.846. The molecule has 1 aliphatic carbocycles. The Morgan fingerprint density at radius 2 is 1.95 bits per heavy atom. The molecule has 0 unspecified atom stereocenters. The largest absolute Gasteiger partial charge is 0.316 e. The van der Waals surface area contributed by atoms with Crippen molar-refractivity contribution >= 4 is 10.0 Å². The Morgan fingerprint density at radius 3 is 2.50 bits per heavy atom. The third-order valence-corrected chi connectivity index (χ3v) is 5.86. The summed E-state index contributed by atoms with van der Waals surface area (Å²) in [7, 11) is -1.62. The number of nitrogens with one attached hydrogen (secondary N) is 2. The van der Waals surface area contributed by atoms with Crippen molar-refractivity contribution in [1.82, 2.24) is 10.0 Å². The van der Waals surface area contributed by atoms with Crippen LogP contribution in [0.2, 0.25) is 0 Å². The van der Waals surface area contributed by atoms with Gasteiger partial charge in [-0.2, -0.15) is 0 Å². The molecule has 0 aliphatic heterocycles. The topological polar surface area (TPSA) is 58.2 Å². The highest BCUT2D eigenvalue weighted by Crippen LogP contribution is 2.40. The fraction of sp³-hybridized carbons (Fsp3) is 0.600. The normalized spacial score (nSPS) is 16.4. The fourth-order valence-electron chi connectivity index (χ4n) is 2.62. The summed E-state index contributed by atoms with van der Waals surface area (Å²) in [6, 6.07) is 5.44. The average Bonchev–Trinajstić information content (AvgIpc) is 3.14. The lowest BCUT2D eigenvalue weighted by atomic mass is 10.0. The van der Waals surface area contributed by atoms with Gasteiger partial charge in [-0.15, -0.1) is 0 Å². The number of hydrogen-bond acceptors (Lipinski definition) is 3. The molecule has 1 fully saturated rings. The molecule has 0 spiro atoms. The van der Waals surface area contributed by atoms with Crippen LogP contribution >= 0.6 is 0 Å². The first-order chi connectivity index (χ1) is 9.28. The lowest BCUT2D eigenvalue weighted by Crippen LogP contribution is -2.45. The number of benzene rings is 1. The van der Waals surface area contributed by atoms with Gasteiger partial charge in [0.1, 0.15) is 0 Å². The Hall–Kier alpha value is -0.910. The van der Waals surface area contributed by atoms with Gasteiger partial charge < -0.3 is 5.32 Å². The van der Waals surface area contributed by atoms with Crippen molar-refractivity contribution < 1.29 is 8.42 Å². The van der Waals surface area contributed by atoms with Crippen LogP contribution < -0.4 is 10.0 Å². The number of rotatable bonds is 6. The smallest absolute Gasteiger partial charge is 0.241 e. The molecule has 0 saturated heterocycles. The van der Waals surface area contributed by atoms with E-state index in [0.29, 0.717) is 17.4 Å². The fourth-order valence-corrected chi connectivity index (χ4v) is 4.38. The first kappa shape index (κ1) is 15.5. The lowest BCUT2D eigenvalue weighted by molar-refractivity contribution is 0.400. The van der Waals surface area contributed by atoms with Gasteiger partial charge in [0.05, 0.1) is 4.90 Å². The van der Waals surface area contributed by atoms with E-state index < -0.39 is 10.0 Å². The molecule has 2 N–H and O–H groups in total. The maximum Gasteiger partial charge on any atom is 0.241 e. The summed E-state index contributed by atoms with van der Waals surface area (Å²) in [4.78, 5) is 0.388. The number of hydrogen-bond donors (Lipinski definition) is 2. The van der Waals surface area contributed by atoms with Crippen LogP contribution in [-0.2, 0) is 16.6 Å². The molecule has 1 aliphatic rings. The summed E-state index contributed by atoms with van der Waals surface area (Å²) >= 11 is 0. The van der Waals surface area contributed by atoms with Crippen LogP contribution in [-0.4, -0.2) is 21.0 Å². The summed E-state index contributed by atoms with van der Waals surface area (Å²) in [5.74, 6) is 0.457. The van der Waals surface area contributed by atoms with Crippen LogP contribution in [0.15, 0.2) is 23.1 Å². The monoisotopic (exact) mass is 296 g/mol. The Labute approximate surface area is 122 Å². The van der Waals surface area contributed by atoms with Gasteiger partial charge in [-0.25, -0.2) is 13.1 Å². The highest BCUT2D eigenvalue weighted by atomic mass is 32.2. The second kappa shape index (κ2) is 5.47. The second-order valence-electron chi connectivity index (χ2n) is 6.17. The molecule has 0 heterocycles. The van der Waals surface area contributed by atoms with Crippen molar-refractivity contribution in [2.24, 2.45) is 5.92 Å². The van der Waals surface area contributed by atoms with Crippen LogP contribution in [0.5, 0.6) is 0 Å². The van der Waals surface area contributed by atoms with E-state index in [0.717, 1.165) is 24.0 Å². The van der Waals surface area contributed by atoms with Crippen molar-refractivity contribution in [2.75, 3.05) is 7.05 Å². The molecule has 1 aromatic carbocycles. The van der Waals surface area contributed by atoms with Crippen molar-refractivity contribution in [3.8, 4) is 0 Å². The highest BCUT2D eigenvalue weighted by molar-refractivity contribution is 7.89. The molecular weight excluding hydrogens is 272 g/mol. The van der Waals surface area contributed by atoms with Gasteiger partial charge in [0, 0.05) is 12.1 Å². The zero-order valence-electron chi connectivity index (χ0n) is 12.7. The van der Waals surface area contributed by atoms with Crippen molar-refractivity contribution in [3.63, 3.8) is 0 Å². The summed E-state index contributed by atoms with van der Waals surface area (Å²) in [5.41, 5.74) is 1.46. The third-order valence-electron chi connectivity index (χ3n) is 4.05. The molecule has 2 rings (SSSR count). The SMILES string of the molecule is CNCc1cccc(S(=O)(=O)NC(C)(C)C2CC2)c1C. The van der Waals surface area contributed by atoms with E-state index in [1.807, 2.05) is 33.9 Å². The molecule has 20 heavy (non-hydrogen) atoms. The molecule has 0 atom stereocenters. The predicted molar refractivity (Wildman–Crippen MR) is 81.1 cm³/mol. The Balaban J connectivity index is 2.32. The minimum absolute atomic E-state index is 0.371. The summed E-state index contributed by atoms with van der Waals surface area (Å²) in [5, 5.41) is 3.06. The van der Waals surface area contributed by atoms with Crippen LogP contribution in [0.1, 0.15) is 37.8 Å². The zero-order chi connectivity index (χ0) is 15.0. The Bertz CT molecular complexity index is 590. The molecule has 4 nitrogen and oxygen atoms in total. The van der Waals surface area contributed by atoms with Gasteiger partial charge in [-0.05, 0) is 63.8 Å². The first-order valence-corrected chi connectivity index (χ1v) is 8.53. The van der Waals surface area contributed by atoms with E-state index in [1.165, 1.54) is 0 Å². The van der Waals surface area contributed by atoms with Crippen LogP contribution in [0.4, 0.5) is 0 Å². The molecule has 0 amide bonds. The minimum atomic E-state index is -3.47. The summed E-state index contributed by atoms with van der Waals surface area (Å²) in [6.07, 6.45) is 2.21. The standard InChI is InChI=1S/C15H24N2O2S/c1-11-12(10-16-4)6-5-7-14(11)20(18,19)17-15(2,3)13-8-9-13/h5-7,13,16-17H,8-10H2,1-4H3. The molecule has 0 radical (unpaired) electrons. The third kappa shape index (κ3) is 3.22. The minimum Gasteiger partial charge on any atom is -0.316 e. The van der Waals surface area contributed by atoms with Crippen molar-refractivity contribution in [3.05, 3.63) is 29.3 Å². The molecular formula is C15H24N2O2S. The lowest BCUT2D eigenvalue weighted by Gasteiger charge is -2.26. The van der Waals surface area contributed by atoms with Gasteiger partial charge in [0.25, 0.3) is 0 Å². The zero-order valence-corrected chi connectivity index (χ0v) is 13.5. The molecule has 1 saturated carbocycles. The van der Waals surface area contributed by atoms with Gasteiger partial charge >= 0.3 is 0 Å². The summed E-state index contributed by atoms with van der Waals surface area (Å²) < 4.78 is 28.1. The van der Waals surface area contributed by atoms with Crippen molar-refractivity contribution in [1.29, 1.82) is 0 Å². The molecule has 0 bridgehead atoms. The van der Waals surface area contributed by atoms with Crippen molar-refractivity contribution in [2.45, 2.75) is 50.6 Å². The van der Waals surface area contributed by atoms with Gasteiger partial charge in [0.15, 0.2) is 0 Å². The van der Waals surface area contributed by atoms with Gasteiger partial charge in [0.2, 0.25) is 10.0 Å². The van der Waals surface area contributed by atoms with Gasteiger partial charge in [-0.1, -0.05) is 12.1 Å². The maximum absolute atomic E-state index is 12.6. The van der Waals surface area contributed by atoms with E-state index in [2.05, 4.69) is 10.0 Å². The predicted octanol–water partition coefficient (Wildman–Crippen LogP) is 2.18. The highest BCUT2D eigenvalue weighted by Gasteiger charge is 2.40. The second-order valence-corrected chi connectivity index (χ2v) is 7.82. The van der Waals surface area contributed by atoms with Crippen LogP contribution in [0, 0.1) is 12.8 Å². The van der Waals surface area contributed by atoms with Gasteiger partial charge in [-0.3, -0.25) is 0 Å². The summed E-state index contributed by atoms with van der Waals surface area (Å²) in [6.45, 7) is 6.47. The Morgan fingerprint density at radius 1 is 1.30 bits per heavy atom. The molecule has 0 aromatic heterocycles. The van der Waals surface area contributed by atoms with Crippen LogP contribution in [0.3, 0.4) is 0 Å². The van der Waals surface area contributed by atoms with Crippen LogP contribution in [0.25, 0.3) is 0 Å². The number of sulfonamides is 1.